The van der Waals surface area contributed by atoms with E-state index in [9.17, 15) is 0 Å². The molecule has 0 spiro atoms. The molecule has 4 heterocycles. The van der Waals surface area contributed by atoms with Crippen molar-refractivity contribution in [2.24, 2.45) is 0 Å². The molecule has 0 N–H and O–H groups in total. The van der Waals surface area contributed by atoms with Gasteiger partial charge in [0.05, 0.1) is 55.3 Å². The molecule has 1 atom stereocenters. The van der Waals surface area contributed by atoms with Gasteiger partial charge >= 0.3 is 0 Å². The third-order valence-corrected chi connectivity index (χ3v) is 5.86. The molecule has 0 aliphatic heterocycles. The summed E-state index contributed by atoms with van der Waals surface area (Å²) in [5.74, 6) is 0.844. The third-order valence-electron chi connectivity index (χ3n) is 5.86. The maximum Gasteiger partial charge on any atom is 0.118 e. The van der Waals surface area contributed by atoms with Crippen molar-refractivity contribution in [1.29, 1.82) is 0 Å². The van der Waals surface area contributed by atoms with Crippen LogP contribution in [0.5, 0.6) is 5.75 Å². The van der Waals surface area contributed by atoms with Gasteiger partial charge in [-0.15, -0.1) is 0 Å². The van der Waals surface area contributed by atoms with Gasteiger partial charge in [0, 0.05) is 29.6 Å². The van der Waals surface area contributed by atoms with E-state index in [4.69, 9.17) is 9.72 Å². The topological polar surface area (TPSA) is 75.1 Å². The Bertz CT molecular complexity index is 1360. The maximum absolute atomic E-state index is 5.24. The van der Waals surface area contributed by atoms with E-state index in [1.54, 1.807) is 13.3 Å². The zero-order valence-electron chi connectivity index (χ0n) is 19.1. The number of ether oxygens (including phenoxy) is 1. The van der Waals surface area contributed by atoms with Gasteiger partial charge < -0.3 is 4.74 Å². The molecule has 0 unspecified atom stereocenters. The second-order valence-corrected chi connectivity index (χ2v) is 8.26. The average molecular weight is 442 g/mol. The first kappa shape index (κ1) is 20.9. The molecule has 168 valence electrons. The Morgan fingerprint density at radius 3 is 2.55 bits per heavy atom. The molecule has 5 rings (SSSR count). The Balaban J connectivity index is 1.46. The molecule has 5 aromatic rings. The molecule has 1 aromatic carbocycles. The van der Waals surface area contributed by atoms with Gasteiger partial charge in [0.2, 0.25) is 0 Å². The zero-order valence-corrected chi connectivity index (χ0v) is 19.1. The van der Waals surface area contributed by atoms with Gasteiger partial charge in [-0.3, -0.25) is 9.36 Å². The second kappa shape index (κ2) is 8.90. The smallest absolute Gasteiger partial charge is 0.118 e. The summed E-state index contributed by atoms with van der Waals surface area (Å²) in [4.78, 5) is 4.99. The Morgan fingerprint density at radius 2 is 1.76 bits per heavy atom. The number of methoxy groups -OCH3 is 1. The SMILES string of the molecule is CCC[C@H](C)n1cc(-c2nc(-c3cnn(Cc4ccc(OC)cc4)c3)cn3nccc23)cn1. The van der Waals surface area contributed by atoms with Crippen LogP contribution in [0.2, 0.25) is 0 Å². The molecule has 0 aliphatic rings. The van der Waals surface area contributed by atoms with Crippen LogP contribution in [0.25, 0.3) is 28.0 Å². The summed E-state index contributed by atoms with van der Waals surface area (Å²) in [5, 5.41) is 13.6. The normalized spacial score (nSPS) is 12.3. The molecule has 33 heavy (non-hydrogen) atoms. The van der Waals surface area contributed by atoms with Crippen LogP contribution < -0.4 is 4.74 Å². The summed E-state index contributed by atoms with van der Waals surface area (Å²) >= 11 is 0. The lowest BCUT2D eigenvalue weighted by atomic mass is 10.2. The monoisotopic (exact) mass is 441 g/mol. The highest BCUT2D eigenvalue weighted by atomic mass is 16.5. The van der Waals surface area contributed by atoms with Crippen molar-refractivity contribution in [3.63, 3.8) is 0 Å². The first-order chi connectivity index (χ1) is 16.1. The van der Waals surface area contributed by atoms with Crippen LogP contribution in [0.4, 0.5) is 0 Å². The molecule has 0 bridgehead atoms. The van der Waals surface area contributed by atoms with Crippen LogP contribution in [0.3, 0.4) is 0 Å². The highest BCUT2D eigenvalue weighted by Crippen LogP contribution is 2.27. The lowest BCUT2D eigenvalue weighted by Crippen LogP contribution is -2.04. The zero-order chi connectivity index (χ0) is 22.8. The van der Waals surface area contributed by atoms with Gasteiger partial charge in [0.15, 0.2) is 0 Å². The van der Waals surface area contributed by atoms with Crippen LogP contribution in [0, 0.1) is 0 Å². The van der Waals surface area contributed by atoms with Crippen LogP contribution in [-0.4, -0.2) is 41.3 Å². The predicted molar refractivity (Wildman–Crippen MR) is 127 cm³/mol. The molecule has 8 heteroatoms. The minimum absolute atomic E-state index is 0.351. The first-order valence-electron chi connectivity index (χ1n) is 11.2. The van der Waals surface area contributed by atoms with Crippen LogP contribution in [0.1, 0.15) is 38.3 Å². The van der Waals surface area contributed by atoms with Crippen molar-refractivity contribution in [3.05, 3.63) is 73.1 Å². The number of aromatic nitrogens is 7. The standard InChI is InChI=1S/C25H27N7O/c1-4-5-18(2)31-16-21(13-28-31)25-24-10-11-26-32(24)17-23(29-25)20-12-27-30(15-20)14-19-6-8-22(33-3)9-7-19/h6-13,15-18H,4-5,14H2,1-3H3/t18-/m0/s1. The lowest BCUT2D eigenvalue weighted by molar-refractivity contribution is 0.414. The Kier molecular flexibility index (Phi) is 5.64. The summed E-state index contributed by atoms with van der Waals surface area (Å²) in [6.07, 6.45) is 13.8. The molecule has 0 fully saturated rings. The van der Waals surface area contributed by atoms with Gasteiger partial charge in [-0.2, -0.15) is 15.3 Å². The molecular weight excluding hydrogens is 414 g/mol. The van der Waals surface area contributed by atoms with Crippen molar-refractivity contribution in [1.82, 2.24) is 34.2 Å². The van der Waals surface area contributed by atoms with Gasteiger partial charge in [-0.05, 0) is 37.1 Å². The van der Waals surface area contributed by atoms with Crippen molar-refractivity contribution in [2.45, 2.75) is 39.3 Å². The Morgan fingerprint density at radius 1 is 0.939 bits per heavy atom. The van der Waals surface area contributed by atoms with E-state index in [1.807, 2.05) is 69.0 Å². The Hall–Kier alpha value is -3.94. The van der Waals surface area contributed by atoms with Crippen molar-refractivity contribution in [3.8, 4) is 28.3 Å². The van der Waals surface area contributed by atoms with Crippen molar-refractivity contribution < 1.29 is 4.74 Å². The minimum Gasteiger partial charge on any atom is -0.497 e. The van der Waals surface area contributed by atoms with Crippen molar-refractivity contribution in [2.75, 3.05) is 7.11 Å². The number of rotatable bonds is 8. The van der Waals surface area contributed by atoms with E-state index in [0.717, 1.165) is 52.2 Å². The fourth-order valence-corrected chi connectivity index (χ4v) is 4.03. The van der Waals surface area contributed by atoms with E-state index in [-0.39, 0.29) is 0 Å². The maximum atomic E-state index is 5.24. The summed E-state index contributed by atoms with van der Waals surface area (Å²) in [7, 11) is 1.67. The summed E-state index contributed by atoms with van der Waals surface area (Å²) in [6.45, 7) is 5.05. The molecule has 0 amide bonds. The number of nitrogens with zero attached hydrogens (tertiary/aromatic N) is 7. The van der Waals surface area contributed by atoms with Gasteiger partial charge in [-0.1, -0.05) is 25.5 Å². The van der Waals surface area contributed by atoms with Crippen LogP contribution >= 0.6 is 0 Å². The third kappa shape index (κ3) is 4.24. The Labute approximate surface area is 192 Å². The summed E-state index contributed by atoms with van der Waals surface area (Å²) in [5.41, 5.74) is 5.70. The van der Waals surface area contributed by atoms with E-state index in [2.05, 4.69) is 35.3 Å². The van der Waals surface area contributed by atoms with E-state index < -0.39 is 0 Å². The molecule has 4 aromatic heterocycles. The minimum atomic E-state index is 0.351. The average Bonchev–Trinajstić information content (AvgIpc) is 3.59. The van der Waals surface area contributed by atoms with Gasteiger partial charge in [-0.25, -0.2) is 9.50 Å². The highest BCUT2D eigenvalue weighted by molar-refractivity contribution is 5.78. The fourth-order valence-electron chi connectivity index (χ4n) is 4.03. The molecule has 0 radical (unpaired) electrons. The molecule has 0 saturated carbocycles. The fraction of sp³-hybridized carbons (Fsp3) is 0.280. The van der Waals surface area contributed by atoms with E-state index >= 15 is 0 Å². The van der Waals surface area contributed by atoms with E-state index in [1.165, 1.54) is 0 Å². The molecule has 8 nitrogen and oxygen atoms in total. The van der Waals surface area contributed by atoms with Crippen LogP contribution in [0.15, 0.2) is 67.5 Å². The number of hydrogen-bond donors (Lipinski definition) is 0. The highest BCUT2D eigenvalue weighted by Gasteiger charge is 2.15. The quantitative estimate of drug-likeness (QED) is 0.343. The van der Waals surface area contributed by atoms with Gasteiger partial charge in [0.1, 0.15) is 5.75 Å². The number of benzene rings is 1. The summed E-state index contributed by atoms with van der Waals surface area (Å²) < 4.78 is 11.0. The lowest BCUT2D eigenvalue weighted by Gasteiger charge is -2.10. The molecular formula is C25H27N7O. The van der Waals surface area contributed by atoms with E-state index in [0.29, 0.717) is 12.6 Å². The second-order valence-electron chi connectivity index (χ2n) is 8.26. The predicted octanol–water partition coefficient (Wildman–Crippen LogP) is 4.87. The summed E-state index contributed by atoms with van der Waals surface area (Å²) in [6, 6.07) is 10.3. The number of fused-ring (bicyclic) bond motifs is 1. The van der Waals surface area contributed by atoms with Gasteiger partial charge in [0.25, 0.3) is 0 Å². The number of hydrogen-bond acceptors (Lipinski definition) is 5. The molecule has 0 saturated heterocycles. The van der Waals surface area contributed by atoms with Crippen LogP contribution in [-0.2, 0) is 6.54 Å². The van der Waals surface area contributed by atoms with Crippen molar-refractivity contribution >= 4 is 5.52 Å². The molecule has 0 aliphatic carbocycles. The first-order valence-corrected chi connectivity index (χ1v) is 11.2. The largest absolute Gasteiger partial charge is 0.497 e.